The summed E-state index contributed by atoms with van der Waals surface area (Å²) < 4.78 is 0. The van der Waals surface area contributed by atoms with E-state index in [-0.39, 0.29) is 0 Å². The van der Waals surface area contributed by atoms with Crippen molar-refractivity contribution < 1.29 is 5.11 Å². The lowest BCUT2D eigenvalue weighted by Crippen LogP contribution is -2.33. The largest absolute Gasteiger partial charge is 0.392 e. The molecule has 0 heterocycles. The van der Waals surface area contributed by atoms with Gasteiger partial charge in [0, 0.05) is 12.2 Å². The maximum Gasteiger partial charge on any atom is 0.170 e. The lowest BCUT2D eigenvalue weighted by Gasteiger charge is -2.11. The van der Waals surface area contributed by atoms with E-state index < -0.39 is 6.10 Å². The molecule has 0 aliphatic rings. The second-order valence-electron chi connectivity index (χ2n) is 3.73. The van der Waals surface area contributed by atoms with Crippen molar-refractivity contribution in [3.63, 3.8) is 0 Å². The van der Waals surface area contributed by atoms with Gasteiger partial charge in [-0.15, -0.1) is 0 Å². The van der Waals surface area contributed by atoms with Gasteiger partial charge in [0.25, 0.3) is 0 Å². The molecule has 0 fully saturated rings. The van der Waals surface area contributed by atoms with Crippen molar-refractivity contribution in [3.05, 3.63) is 29.8 Å². The number of benzene rings is 1. The van der Waals surface area contributed by atoms with Gasteiger partial charge >= 0.3 is 0 Å². The van der Waals surface area contributed by atoms with E-state index in [9.17, 15) is 0 Å². The Kier molecular flexibility index (Phi) is 5.22. The van der Waals surface area contributed by atoms with Crippen molar-refractivity contribution in [3.8, 4) is 0 Å². The van der Waals surface area contributed by atoms with Gasteiger partial charge < -0.3 is 15.7 Å². The number of nitrogens with one attached hydrogen (secondary N) is 2. The highest BCUT2D eigenvalue weighted by molar-refractivity contribution is 7.80. The van der Waals surface area contributed by atoms with Crippen LogP contribution in [0.1, 0.15) is 19.4 Å². The van der Waals surface area contributed by atoms with Crippen molar-refractivity contribution in [1.82, 2.24) is 5.32 Å². The zero-order valence-corrected chi connectivity index (χ0v) is 10.5. The SMILES string of the molecule is CCc1ccc(NC(=S)NC[C@H](C)O)cc1. The normalized spacial score (nSPS) is 11.9. The molecule has 0 unspecified atom stereocenters. The average Bonchev–Trinajstić information content (AvgIpc) is 2.27. The van der Waals surface area contributed by atoms with Crippen LogP contribution in [0.15, 0.2) is 24.3 Å². The molecule has 0 aromatic heterocycles. The molecule has 4 heteroatoms. The summed E-state index contributed by atoms with van der Waals surface area (Å²) in [6.45, 7) is 4.29. The quantitative estimate of drug-likeness (QED) is 0.701. The summed E-state index contributed by atoms with van der Waals surface area (Å²) in [5.74, 6) is 0. The van der Waals surface area contributed by atoms with Gasteiger partial charge in [-0.05, 0) is 43.3 Å². The molecule has 3 nitrogen and oxygen atoms in total. The Hall–Kier alpha value is -1.13. The van der Waals surface area contributed by atoms with E-state index in [2.05, 4.69) is 29.7 Å². The summed E-state index contributed by atoms with van der Waals surface area (Å²) in [7, 11) is 0. The van der Waals surface area contributed by atoms with Crippen LogP contribution >= 0.6 is 12.2 Å². The zero-order valence-electron chi connectivity index (χ0n) is 9.66. The lowest BCUT2D eigenvalue weighted by molar-refractivity contribution is 0.198. The summed E-state index contributed by atoms with van der Waals surface area (Å²) >= 11 is 5.08. The molecule has 88 valence electrons. The van der Waals surface area contributed by atoms with Crippen LogP contribution in [-0.4, -0.2) is 22.9 Å². The first-order chi connectivity index (χ1) is 7.61. The summed E-state index contributed by atoms with van der Waals surface area (Å²) in [5, 5.41) is 15.6. The molecule has 1 rings (SSSR count). The van der Waals surface area contributed by atoms with Crippen LogP contribution < -0.4 is 10.6 Å². The van der Waals surface area contributed by atoms with E-state index in [1.54, 1.807) is 6.92 Å². The molecule has 0 amide bonds. The molecule has 1 atom stereocenters. The maximum absolute atomic E-state index is 9.09. The molecule has 0 saturated heterocycles. The molecule has 0 radical (unpaired) electrons. The zero-order chi connectivity index (χ0) is 12.0. The molecule has 0 spiro atoms. The van der Waals surface area contributed by atoms with Gasteiger partial charge in [0.05, 0.1) is 6.10 Å². The third kappa shape index (κ3) is 4.59. The van der Waals surface area contributed by atoms with Crippen LogP contribution in [0.2, 0.25) is 0 Å². The average molecular weight is 238 g/mol. The van der Waals surface area contributed by atoms with E-state index in [4.69, 9.17) is 17.3 Å². The van der Waals surface area contributed by atoms with Gasteiger partial charge in [-0.1, -0.05) is 19.1 Å². The van der Waals surface area contributed by atoms with Crippen molar-refractivity contribution in [1.29, 1.82) is 0 Å². The van der Waals surface area contributed by atoms with Crippen LogP contribution in [0.3, 0.4) is 0 Å². The van der Waals surface area contributed by atoms with E-state index in [1.807, 2.05) is 12.1 Å². The second-order valence-corrected chi connectivity index (χ2v) is 4.14. The number of hydrogen-bond donors (Lipinski definition) is 3. The van der Waals surface area contributed by atoms with Gasteiger partial charge in [0.1, 0.15) is 0 Å². The summed E-state index contributed by atoms with van der Waals surface area (Å²) in [6, 6.07) is 8.13. The monoisotopic (exact) mass is 238 g/mol. The molecular formula is C12H18N2OS. The topological polar surface area (TPSA) is 44.3 Å². The Bertz CT molecular complexity index is 335. The van der Waals surface area contributed by atoms with Gasteiger partial charge in [0.15, 0.2) is 5.11 Å². The van der Waals surface area contributed by atoms with Gasteiger partial charge in [-0.25, -0.2) is 0 Å². The summed E-state index contributed by atoms with van der Waals surface area (Å²) in [4.78, 5) is 0. The predicted molar refractivity (Wildman–Crippen MR) is 71.7 cm³/mol. The van der Waals surface area contributed by atoms with Crippen LogP contribution in [-0.2, 0) is 6.42 Å². The molecule has 0 bridgehead atoms. The van der Waals surface area contributed by atoms with Crippen molar-refractivity contribution in [2.24, 2.45) is 0 Å². The third-order valence-electron chi connectivity index (χ3n) is 2.18. The van der Waals surface area contributed by atoms with Crippen molar-refractivity contribution in [2.75, 3.05) is 11.9 Å². The lowest BCUT2D eigenvalue weighted by atomic mass is 10.1. The minimum absolute atomic E-state index is 0.401. The number of aliphatic hydroxyl groups excluding tert-OH is 1. The van der Waals surface area contributed by atoms with Crippen molar-refractivity contribution in [2.45, 2.75) is 26.4 Å². The number of aliphatic hydroxyl groups is 1. The first-order valence-electron chi connectivity index (χ1n) is 5.43. The van der Waals surface area contributed by atoms with E-state index in [1.165, 1.54) is 5.56 Å². The summed E-state index contributed by atoms with van der Waals surface area (Å²) in [5.41, 5.74) is 2.26. The number of anilines is 1. The molecule has 1 aromatic carbocycles. The highest BCUT2D eigenvalue weighted by atomic mass is 32.1. The van der Waals surface area contributed by atoms with Crippen LogP contribution in [0.25, 0.3) is 0 Å². The van der Waals surface area contributed by atoms with E-state index in [0.29, 0.717) is 11.7 Å². The standard InChI is InChI=1S/C12H18N2OS/c1-3-10-4-6-11(7-5-10)14-12(16)13-8-9(2)15/h4-7,9,15H,3,8H2,1-2H3,(H2,13,14,16)/t9-/m0/s1. The third-order valence-corrected chi connectivity index (χ3v) is 2.42. The second kappa shape index (κ2) is 6.45. The first kappa shape index (κ1) is 12.9. The fraction of sp³-hybridized carbons (Fsp3) is 0.417. The molecular weight excluding hydrogens is 220 g/mol. The number of aryl methyl sites for hydroxylation is 1. The molecule has 16 heavy (non-hydrogen) atoms. The number of rotatable bonds is 4. The minimum atomic E-state index is -0.401. The fourth-order valence-corrected chi connectivity index (χ4v) is 1.44. The van der Waals surface area contributed by atoms with Gasteiger partial charge in [-0.3, -0.25) is 0 Å². The number of thiocarbonyl (C=S) groups is 1. The van der Waals surface area contributed by atoms with Crippen molar-refractivity contribution >= 4 is 23.0 Å². The molecule has 0 aliphatic carbocycles. The Morgan fingerprint density at radius 2 is 2.00 bits per heavy atom. The first-order valence-corrected chi connectivity index (χ1v) is 5.84. The molecule has 3 N–H and O–H groups in total. The smallest absolute Gasteiger partial charge is 0.170 e. The molecule has 0 saturated carbocycles. The molecule has 1 aromatic rings. The van der Waals surface area contributed by atoms with E-state index >= 15 is 0 Å². The Labute approximate surface area is 102 Å². The Morgan fingerprint density at radius 3 is 2.50 bits per heavy atom. The predicted octanol–water partition coefficient (Wildman–Crippen LogP) is 1.92. The highest BCUT2D eigenvalue weighted by Gasteiger charge is 1.99. The van der Waals surface area contributed by atoms with Crippen LogP contribution in [0.5, 0.6) is 0 Å². The fourth-order valence-electron chi connectivity index (χ4n) is 1.24. The number of hydrogen-bond acceptors (Lipinski definition) is 2. The minimum Gasteiger partial charge on any atom is -0.392 e. The highest BCUT2D eigenvalue weighted by Crippen LogP contribution is 2.09. The van der Waals surface area contributed by atoms with Gasteiger partial charge in [-0.2, -0.15) is 0 Å². The maximum atomic E-state index is 9.09. The Morgan fingerprint density at radius 1 is 1.38 bits per heavy atom. The molecule has 0 aliphatic heterocycles. The van der Waals surface area contributed by atoms with Crippen LogP contribution in [0, 0.1) is 0 Å². The Balaban J connectivity index is 2.43. The van der Waals surface area contributed by atoms with Crippen LogP contribution in [0.4, 0.5) is 5.69 Å². The van der Waals surface area contributed by atoms with E-state index in [0.717, 1.165) is 12.1 Å². The summed E-state index contributed by atoms with van der Waals surface area (Å²) in [6.07, 6.45) is 0.632. The van der Waals surface area contributed by atoms with Gasteiger partial charge in [0.2, 0.25) is 0 Å².